The van der Waals surface area contributed by atoms with Crippen LogP contribution in [-0.4, -0.2) is 18.7 Å². The molecule has 130 valence electrons. The van der Waals surface area contributed by atoms with Gasteiger partial charge >= 0.3 is 0 Å². The van der Waals surface area contributed by atoms with E-state index in [0.717, 1.165) is 19.3 Å². The van der Waals surface area contributed by atoms with Crippen molar-refractivity contribution in [3.8, 4) is 0 Å². The summed E-state index contributed by atoms with van der Waals surface area (Å²) in [7, 11) is -3.93. The van der Waals surface area contributed by atoms with Gasteiger partial charge in [0, 0.05) is 0 Å². The standard InChI is InChI=1S/C21H22O3S/c22-25(23,24)14-18-13-17-11-12-19(18)21(17)20(15-7-3-1-4-8-15)16-9-5-2-6-10-16/h1-10,17-19H,11-14H2,(H,22,23,24). The molecule has 4 rings (SSSR count). The number of rotatable bonds is 4. The smallest absolute Gasteiger partial charge is 0.265 e. The van der Waals surface area contributed by atoms with Crippen molar-refractivity contribution in [2.24, 2.45) is 17.8 Å². The third-order valence-electron chi connectivity index (χ3n) is 5.66. The van der Waals surface area contributed by atoms with Crippen LogP contribution in [0.2, 0.25) is 0 Å². The summed E-state index contributed by atoms with van der Waals surface area (Å²) in [5, 5.41) is 0. The van der Waals surface area contributed by atoms with E-state index in [1.54, 1.807) is 0 Å². The van der Waals surface area contributed by atoms with Crippen molar-refractivity contribution in [3.63, 3.8) is 0 Å². The lowest BCUT2D eigenvalue weighted by molar-refractivity contribution is 0.354. The number of fused-ring (bicyclic) bond motifs is 2. The second kappa shape index (κ2) is 6.43. The van der Waals surface area contributed by atoms with Gasteiger partial charge < -0.3 is 0 Å². The third-order valence-corrected chi connectivity index (χ3v) is 6.51. The van der Waals surface area contributed by atoms with Crippen LogP contribution in [-0.2, 0) is 10.1 Å². The van der Waals surface area contributed by atoms with Gasteiger partial charge in [0.15, 0.2) is 0 Å². The highest BCUT2D eigenvalue weighted by Crippen LogP contribution is 2.56. The highest BCUT2D eigenvalue weighted by Gasteiger charge is 2.46. The first kappa shape index (κ1) is 16.6. The maximum atomic E-state index is 11.4. The molecule has 2 fully saturated rings. The third kappa shape index (κ3) is 3.29. The molecular formula is C21H22O3S. The van der Waals surface area contributed by atoms with Crippen LogP contribution in [0.1, 0.15) is 30.4 Å². The van der Waals surface area contributed by atoms with Gasteiger partial charge in [-0.1, -0.05) is 66.2 Å². The molecule has 3 unspecified atom stereocenters. The first-order valence-electron chi connectivity index (χ1n) is 8.83. The monoisotopic (exact) mass is 354 g/mol. The van der Waals surface area contributed by atoms with Crippen molar-refractivity contribution >= 4 is 15.7 Å². The van der Waals surface area contributed by atoms with Gasteiger partial charge in [-0.3, -0.25) is 4.55 Å². The molecule has 0 heterocycles. The van der Waals surface area contributed by atoms with Crippen molar-refractivity contribution < 1.29 is 13.0 Å². The second-order valence-electron chi connectivity index (χ2n) is 7.19. The van der Waals surface area contributed by atoms with E-state index in [2.05, 4.69) is 24.3 Å². The Labute approximate surface area is 149 Å². The lowest BCUT2D eigenvalue weighted by Gasteiger charge is -2.20. The van der Waals surface area contributed by atoms with E-state index < -0.39 is 10.1 Å². The summed E-state index contributed by atoms with van der Waals surface area (Å²) >= 11 is 0. The van der Waals surface area contributed by atoms with Gasteiger partial charge in [0.05, 0.1) is 5.75 Å². The molecule has 4 heteroatoms. The van der Waals surface area contributed by atoms with Gasteiger partial charge in [0.1, 0.15) is 0 Å². The van der Waals surface area contributed by atoms with E-state index >= 15 is 0 Å². The molecule has 2 saturated carbocycles. The molecule has 0 radical (unpaired) electrons. The number of benzene rings is 2. The SMILES string of the molecule is O=S(=O)(O)CC1CC2CCC1C2=C(c1ccccc1)c1ccccc1. The fourth-order valence-corrected chi connectivity index (χ4v) is 5.72. The second-order valence-corrected chi connectivity index (χ2v) is 8.68. The first-order chi connectivity index (χ1) is 12.0. The number of hydrogen-bond acceptors (Lipinski definition) is 2. The van der Waals surface area contributed by atoms with Crippen LogP contribution in [0.25, 0.3) is 5.57 Å². The Bertz CT molecular complexity index is 844. The van der Waals surface area contributed by atoms with E-state index in [-0.39, 0.29) is 17.6 Å². The van der Waals surface area contributed by atoms with E-state index in [4.69, 9.17) is 0 Å². The van der Waals surface area contributed by atoms with Crippen LogP contribution in [0, 0.1) is 17.8 Å². The summed E-state index contributed by atoms with van der Waals surface area (Å²) in [6.07, 6.45) is 3.00. The molecular weight excluding hydrogens is 332 g/mol. The normalized spacial score (nSPS) is 25.3. The van der Waals surface area contributed by atoms with E-state index in [1.165, 1.54) is 22.3 Å². The Hall–Kier alpha value is -1.91. The predicted molar refractivity (Wildman–Crippen MR) is 99.6 cm³/mol. The molecule has 3 nitrogen and oxygen atoms in total. The molecule has 1 N–H and O–H groups in total. The van der Waals surface area contributed by atoms with Crippen LogP contribution in [0.4, 0.5) is 0 Å². The Morgan fingerprint density at radius 3 is 2.00 bits per heavy atom. The quantitative estimate of drug-likeness (QED) is 0.827. The highest BCUT2D eigenvalue weighted by molar-refractivity contribution is 7.85. The molecule has 3 atom stereocenters. The summed E-state index contributed by atoms with van der Waals surface area (Å²) in [4.78, 5) is 0. The van der Waals surface area contributed by atoms with Gasteiger partial charge in [0.25, 0.3) is 10.1 Å². The van der Waals surface area contributed by atoms with Crippen LogP contribution < -0.4 is 0 Å². The maximum Gasteiger partial charge on any atom is 0.265 e. The Morgan fingerprint density at radius 2 is 1.48 bits per heavy atom. The molecule has 0 saturated heterocycles. The highest BCUT2D eigenvalue weighted by atomic mass is 32.2. The molecule has 2 aliphatic rings. The predicted octanol–water partition coefficient (Wildman–Crippen LogP) is 4.42. The van der Waals surface area contributed by atoms with Crippen molar-refractivity contribution in [3.05, 3.63) is 77.4 Å². The number of hydrogen-bond donors (Lipinski definition) is 1. The van der Waals surface area contributed by atoms with Crippen molar-refractivity contribution in [1.29, 1.82) is 0 Å². The Balaban J connectivity index is 1.84. The first-order valence-corrected chi connectivity index (χ1v) is 10.4. The van der Waals surface area contributed by atoms with Gasteiger partial charge in [-0.25, -0.2) is 0 Å². The van der Waals surface area contributed by atoms with E-state index in [9.17, 15) is 13.0 Å². The van der Waals surface area contributed by atoms with Crippen LogP contribution in [0.15, 0.2) is 66.2 Å². The molecule has 2 aromatic rings. The molecule has 0 aliphatic heterocycles. The fraction of sp³-hybridized carbons (Fsp3) is 0.333. The minimum atomic E-state index is -3.93. The zero-order chi connectivity index (χ0) is 17.4. The largest absolute Gasteiger partial charge is 0.286 e. The van der Waals surface area contributed by atoms with Gasteiger partial charge in [-0.15, -0.1) is 0 Å². The zero-order valence-electron chi connectivity index (χ0n) is 14.0. The molecule has 0 amide bonds. The zero-order valence-corrected chi connectivity index (χ0v) is 14.8. The summed E-state index contributed by atoms with van der Waals surface area (Å²) in [6.45, 7) is 0. The van der Waals surface area contributed by atoms with Gasteiger partial charge in [-0.05, 0) is 53.7 Å². The van der Waals surface area contributed by atoms with Crippen molar-refractivity contribution in [2.75, 3.05) is 5.75 Å². The minimum absolute atomic E-state index is 0.0335. The summed E-state index contributed by atoms with van der Waals surface area (Å²) < 4.78 is 32.2. The Morgan fingerprint density at radius 1 is 0.920 bits per heavy atom. The van der Waals surface area contributed by atoms with Gasteiger partial charge in [0.2, 0.25) is 0 Å². The average molecular weight is 354 g/mol. The molecule has 0 spiro atoms. The van der Waals surface area contributed by atoms with Crippen molar-refractivity contribution in [2.45, 2.75) is 19.3 Å². The molecule has 0 aromatic heterocycles. The van der Waals surface area contributed by atoms with E-state index in [0.29, 0.717) is 5.92 Å². The average Bonchev–Trinajstić information content (AvgIpc) is 3.13. The fourth-order valence-electron chi connectivity index (χ4n) is 4.81. The van der Waals surface area contributed by atoms with Crippen LogP contribution >= 0.6 is 0 Å². The number of allylic oxidation sites excluding steroid dienone is 1. The topological polar surface area (TPSA) is 54.4 Å². The molecule has 2 aromatic carbocycles. The minimum Gasteiger partial charge on any atom is -0.286 e. The van der Waals surface area contributed by atoms with E-state index in [1.807, 2.05) is 36.4 Å². The van der Waals surface area contributed by atoms with Crippen LogP contribution in [0.5, 0.6) is 0 Å². The summed E-state index contributed by atoms with van der Waals surface area (Å²) in [5.74, 6) is 0.592. The lowest BCUT2D eigenvalue weighted by Crippen LogP contribution is -2.20. The molecule has 2 aliphatic carbocycles. The van der Waals surface area contributed by atoms with Crippen LogP contribution in [0.3, 0.4) is 0 Å². The lowest BCUT2D eigenvalue weighted by atomic mass is 9.87. The summed E-state index contributed by atoms with van der Waals surface area (Å²) in [5.41, 5.74) is 5.03. The molecule has 2 bridgehead atoms. The summed E-state index contributed by atoms with van der Waals surface area (Å²) in [6, 6.07) is 20.7. The molecule has 25 heavy (non-hydrogen) atoms. The Kier molecular flexibility index (Phi) is 4.26. The maximum absolute atomic E-state index is 11.4. The van der Waals surface area contributed by atoms with Gasteiger partial charge in [-0.2, -0.15) is 8.42 Å². The van der Waals surface area contributed by atoms with Crippen molar-refractivity contribution in [1.82, 2.24) is 0 Å².